The average molecular weight is 227 g/mol. The molecule has 4 nitrogen and oxygen atoms in total. The number of hydrogen-bond donors (Lipinski definition) is 1. The molecular weight excluding hydrogens is 216 g/mol. The van der Waals surface area contributed by atoms with Gasteiger partial charge in [0.15, 0.2) is 5.65 Å². The highest BCUT2D eigenvalue weighted by molar-refractivity contribution is 5.72. The summed E-state index contributed by atoms with van der Waals surface area (Å²) in [4.78, 5) is 11.2. The van der Waals surface area contributed by atoms with Crippen molar-refractivity contribution in [3.8, 4) is 5.75 Å². The molecule has 2 aromatic heterocycles. The molecule has 86 valence electrons. The molecule has 0 radical (unpaired) electrons. The van der Waals surface area contributed by atoms with Gasteiger partial charge < -0.3 is 9.72 Å². The minimum Gasteiger partial charge on any atom is -0.433 e. The molecule has 16 heavy (non-hydrogen) atoms. The van der Waals surface area contributed by atoms with Gasteiger partial charge in [0.2, 0.25) is 0 Å². The maximum absolute atomic E-state index is 12.0. The summed E-state index contributed by atoms with van der Waals surface area (Å²) in [7, 11) is 0. The van der Waals surface area contributed by atoms with Crippen LogP contribution in [0.1, 0.15) is 25.6 Å². The monoisotopic (exact) mass is 227 g/mol. The first-order chi connectivity index (χ1) is 7.56. The van der Waals surface area contributed by atoms with E-state index in [1.165, 1.54) is 12.3 Å². The Kier molecular flexibility index (Phi) is 2.72. The third kappa shape index (κ3) is 2.10. The highest BCUT2D eigenvalue weighted by Crippen LogP contribution is 2.20. The van der Waals surface area contributed by atoms with Gasteiger partial charge in [-0.3, -0.25) is 0 Å². The largest absolute Gasteiger partial charge is 0.433 e. The van der Waals surface area contributed by atoms with Gasteiger partial charge in [-0.15, -0.1) is 0 Å². The predicted octanol–water partition coefficient (Wildman–Crippen LogP) is 2.68. The molecule has 0 fully saturated rings. The Hall–Kier alpha value is -1.72. The van der Waals surface area contributed by atoms with E-state index in [0.29, 0.717) is 11.2 Å². The minimum absolute atomic E-state index is 0.0291. The van der Waals surface area contributed by atoms with Crippen LogP contribution in [0.4, 0.5) is 8.78 Å². The first kappa shape index (κ1) is 10.8. The van der Waals surface area contributed by atoms with E-state index < -0.39 is 6.61 Å². The van der Waals surface area contributed by atoms with Crippen LogP contribution in [0.25, 0.3) is 11.2 Å². The molecule has 0 atom stereocenters. The molecule has 0 unspecified atom stereocenters. The molecule has 2 heterocycles. The number of hydrogen-bond acceptors (Lipinski definition) is 3. The van der Waals surface area contributed by atoms with Crippen molar-refractivity contribution in [2.75, 3.05) is 0 Å². The molecule has 0 saturated carbocycles. The van der Waals surface area contributed by atoms with Crippen LogP contribution < -0.4 is 4.74 Å². The lowest BCUT2D eigenvalue weighted by atomic mass is 10.2. The summed E-state index contributed by atoms with van der Waals surface area (Å²) >= 11 is 0. The maximum Gasteiger partial charge on any atom is 0.387 e. The van der Waals surface area contributed by atoms with Crippen LogP contribution in [0.5, 0.6) is 5.75 Å². The minimum atomic E-state index is -2.84. The van der Waals surface area contributed by atoms with Crippen molar-refractivity contribution in [3.05, 3.63) is 18.1 Å². The van der Waals surface area contributed by atoms with Crippen LogP contribution in [0.15, 0.2) is 12.3 Å². The Morgan fingerprint density at radius 1 is 1.38 bits per heavy atom. The molecule has 0 spiro atoms. The van der Waals surface area contributed by atoms with Gasteiger partial charge in [0.1, 0.15) is 11.6 Å². The fourth-order valence-electron chi connectivity index (χ4n) is 1.34. The van der Waals surface area contributed by atoms with Crippen LogP contribution in [-0.4, -0.2) is 21.6 Å². The standard InChI is InChI=1S/C10H11F2N3O/c1-5(2)8-14-7-3-6(16-10(11)12)4-13-9(7)15-8/h3-5,10H,1-2H3,(H,13,14,15). The molecule has 2 rings (SSSR count). The zero-order valence-corrected chi connectivity index (χ0v) is 8.87. The fourth-order valence-corrected chi connectivity index (χ4v) is 1.34. The molecule has 0 aliphatic carbocycles. The van der Waals surface area contributed by atoms with Gasteiger partial charge in [0, 0.05) is 12.0 Å². The number of halogens is 2. The Morgan fingerprint density at radius 3 is 2.75 bits per heavy atom. The Balaban J connectivity index is 2.38. The van der Waals surface area contributed by atoms with Crippen LogP contribution in [-0.2, 0) is 0 Å². The number of rotatable bonds is 3. The zero-order chi connectivity index (χ0) is 11.7. The summed E-state index contributed by atoms with van der Waals surface area (Å²) in [5.74, 6) is 1.03. The highest BCUT2D eigenvalue weighted by atomic mass is 19.3. The van der Waals surface area contributed by atoms with Crippen molar-refractivity contribution in [1.29, 1.82) is 0 Å². The summed E-state index contributed by atoms with van der Waals surface area (Å²) < 4.78 is 28.2. The summed E-state index contributed by atoms with van der Waals surface area (Å²) in [5.41, 5.74) is 1.10. The van der Waals surface area contributed by atoms with Crippen molar-refractivity contribution in [1.82, 2.24) is 15.0 Å². The third-order valence-electron chi connectivity index (χ3n) is 2.10. The zero-order valence-electron chi connectivity index (χ0n) is 8.87. The second kappa shape index (κ2) is 4.03. The smallest absolute Gasteiger partial charge is 0.387 e. The molecule has 0 aliphatic rings. The van der Waals surface area contributed by atoms with Gasteiger partial charge in [-0.1, -0.05) is 13.8 Å². The maximum atomic E-state index is 12.0. The molecule has 0 amide bonds. The molecule has 6 heteroatoms. The summed E-state index contributed by atoms with van der Waals surface area (Å²) in [6.07, 6.45) is 1.24. The summed E-state index contributed by atoms with van der Waals surface area (Å²) in [6.45, 7) is 1.12. The van der Waals surface area contributed by atoms with E-state index >= 15 is 0 Å². The lowest BCUT2D eigenvalue weighted by Gasteiger charge is -2.02. The second-order valence-corrected chi connectivity index (χ2v) is 3.70. The molecule has 2 aromatic rings. The van der Waals surface area contributed by atoms with Crippen LogP contribution in [0.2, 0.25) is 0 Å². The first-order valence-electron chi connectivity index (χ1n) is 4.86. The first-order valence-corrected chi connectivity index (χ1v) is 4.86. The molecule has 0 aliphatic heterocycles. The van der Waals surface area contributed by atoms with Crippen molar-refractivity contribution in [2.24, 2.45) is 0 Å². The Morgan fingerprint density at radius 2 is 2.12 bits per heavy atom. The lowest BCUT2D eigenvalue weighted by molar-refractivity contribution is -0.0499. The summed E-state index contributed by atoms with van der Waals surface area (Å²) in [6, 6.07) is 1.47. The van der Waals surface area contributed by atoms with E-state index in [4.69, 9.17) is 0 Å². The van der Waals surface area contributed by atoms with E-state index in [0.717, 1.165) is 5.82 Å². The van der Waals surface area contributed by atoms with E-state index in [9.17, 15) is 8.78 Å². The number of aromatic amines is 1. The molecule has 0 saturated heterocycles. The third-order valence-corrected chi connectivity index (χ3v) is 2.10. The number of imidazole rings is 1. The number of pyridine rings is 1. The Bertz CT molecular complexity index is 496. The number of ether oxygens (including phenoxy) is 1. The van der Waals surface area contributed by atoms with Crippen molar-refractivity contribution in [2.45, 2.75) is 26.4 Å². The molecule has 0 aromatic carbocycles. The van der Waals surface area contributed by atoms with Gasteiger partial charge in [0.25, 0.3) is 0 Å². The molecule has 0 bridgehead atoms. The number of aromatic nitrogens is 3. The predicted molar refractivity (Wildman–Crippen MR) is 54.6 cm³/mol. The SMILES string of the molecule is CC(C)c1nc2ncc(OC(F)F)cc2[nH]1. The van der Waals surface area contributed by atoms with E-state index in [-0.39, 0.29) is 11.7 Å². The fraction of sp³-hybridized carbons (Fsp3) is 0.400. The van der Waals surface area contributed by atoms with E-state index in [1.807, 2.05) is 13.8 Å². The molecule has 1 N–H and O–H groups in total. The number of nitrogens with one attached hydrogen (secondary N) is 1. The average Bonchev–Trinajstić information content (AvgIpc) is 2.59. The van der Waals surface area contributed by atoms with Crippen molar-refractivity contribution < 1.29 is 13.5 Å². The van der Waals surface area contributed by atoms with Gasteiger partial charge in [-0.05, 0) is 0 Å². The van der Waals surface area contributed by atoms with Gasteiger partial charge >= 0.3 is 6.61 Å². The van der Waals surface area contributed by atoms with Gasteiger partial charge in [-0.25, -0.2) is 9.97 Å². The normalized spacial score (nSPS) is 11.6. The topological polar surface area (TPSA) is 50.8 Å². The van der Waals surface area contributed by atoms with Crippen molar-refractivity contribution >= 4 is 11.2 Å². The number of fused-ring (bicyclic) bond motifs is 1. The lowest BCUT2D eigenvalue weighted by Crippen LogP contribution is -2.01. The van der Waals surface area contributed by atoms with Crippen LogP contribution in [0, 0.1) is 0 Å². The Labute approximate surface area is 90.7 Å². The van der Waals surface area contributed by atoms with E-state index in [1.54, 1.807) is 0 Å². The van der Waals surface area contributed by atoms with Crippen molar-refractivity contribution in [3.63, 3.8) is 0 Å². The van der Waals surface area contributed by atoms with Crippen LogP contribution in [0.3, 0.4) is 0 Å². The number of H-pyrrole nitrogens is 1. The van der Waals surface area contributed by atoms with Gasteiger partial charge in [0.05, 0.1) is 11.7 Å². The van der Waals surface area contributed by atoms with Gasteiger partial charge in [-0.2, -0.15) is 8.78 Å². The quantitative estimate of drug-likeness (QED) is 0.876. The second-order valence-electron chi connectivity index (χ2n) is 3.70. The number of alkyl halides is 2. The van der Waals surface area contributed by atoms with Crippen LogP contribution >= 0.6 is 0 Å². The number of nitrogens with zero attached hydrogens (tertiary/aromatic N) is 2. The van der Waals surface area contributed by atoms with E-state index in [2.05, 4.69) is 19.7 Å². The summed E-state index contributed by atoms with van der Waals surface area (Å²) in [5, 5.41) is 0. The molecular formula is C10H11F2N3O. The highest BCUT2D eigenvalue weighted by Gasteiger charge is 2.10.